The fraction of sp³-hybridized carbons (Fsp3) is 0.148. The summed E-state index contributed by atoms with van der Waals surface area (Å²) in [6.45, 7) is 2.04. The quantitative estimate of drug-likeness (QED) is 0.353. The van der Waals surface area contributed by atoms with Gasteiger partial charge in [0.05, 0.1) is 6.10 Å². The zero-order valence-corrected chi connectivity index (χ0v) is 18.2. The van der Waals surface area contributed by atoms with Crippen LogP contribution in [-0.4, -0.2) is 19.1 Å². The molecule has 4 aromatic carbocycles. The molecule has 0 saturated carbocycles. The second kappa shape index (κ2) is 9.54. The van der Waals surface area contributed by atoms with E-state index in [-0.39, 0.29) is 12.0 Å². The Morgan fingerprint density at radius 1 is 0.875 bits per heavy atom. The molecule has 0 aliphatic rings. The van der Waals surface area contributed by atoms with Gasteiger partial charge in [-0.3, -0.25) is 4.79 Å². The third kappa shape index (κ3) is 4.90. The average Bonchev–Trinajstić information content (AvgIpc) is 2.81. The van der Waals surface area contributed by atoms with E-state index in [1.165, 1.54) is 5.56 Å². The number of carbonyl (C=O) groups is 1. The number of fused-ring (bicyclic) bond motifs is 1. The maximum atomic E-state index is 12.8. The van der Waals surface area contributed by atoms with E-state index in [1.54, 1.807) is 31.4 Å². The highest BCUT2D eigenvalue weighted by atomic mass is 16.5. The Labute approximate surface area is 187 Å². The van der Waals surface area contributed by atoms with Gasteiger partial charge in [-0.2, -0.15) is 0 Å². The number of methoxy groups -OCH3 is 1. The number of ether oxygens (including phenoxy) is 2. The van der Waals surface area contributed by atoms with Crippen LogP contribution >= 0.6 is 0 Å². The summed E-state index contributed by atoms with van der Waals surface area (Å²) in [4.78, 5) is 12.8. The summed E-state index contributed by atoms with van der Waals surface area (Å²) >= 11 is 0. The molecule has 0 spiro atoms. The Kier molecular flexibility index (Phi) is 6.38. The summed E-state index contributed by atoms with van der Waals surface area (Å²) in [5, 5.41) is 4.80. The van der Waals surface area contributed by atoms with Crippen molar-refractivity contribution in [2.75, 3.05) is 18.2 Å². The van der Waals surface area contributed by atoms with Gasteiger partial charge in [-0.15, -0.1) is 0 Å². The molecule has 0 bridgehead atoms. The Balaban J connectivity index is 1.43. The van der Waals surface area contributed by atoms with Gasteiger partial charge in [-0.1, -0.05) is 36.4 Å². The van der Waals surface area contributed by atoms with Crippen LogP contribution in [0.2, 0.25) is 0 Å². The molecule has 32 heavy (non-hydrogen) atoms. The highest BCUT2D eigenvalue weighted by Gasteiger charge is 2.10. The summed E-state index contributed by atoms with van der Waals surface area (Å²) in [7, 11) is 1.71. The maximum Gasteiger partial charge on any atom is 0.255 e. The SMILES string of the molecule is COC(C)Cc1ccc(Oc2ccc(C(=O)Nc3cccc4c(N)cccc34)cc2)cc1. The van der Waals surface area contributed by atoms with E-state index >= 15 is 0 Å². The number of hydrogen-bond donors (Lipinski definition) is 2. The first-order chi connectivity index (χ1) is 15.5. The smallest absolute Gasteiger partial charge is 0.255 e. The van der Waals surface area contributed by atoms with Crippen LogP contribution in [0.3, 0.4) is 0 Å². The van der Waals surface area contributed by atoms with Crippen LogP contribution in [0, 0.1) is 0 Å². The number of nitrogens with one attached hydrogen (secondary N) is 1. The third-order valence-electron chi connectivity index (χ3n) is 5.41. The second-order valence-corrected chi connectivity index (χ2v) is 7.72. The van der Waals surface area contributed by atoms with E-state index in [2.05, 4.69) is 5.32 Å². The number of carbonyl (C=O) groups excluding carboxylic acids is 1. The number of rotatable bonds is 7. The normalized spacial score (nSPS) is 11.8. The molecule has 1 amide bonds. The van der Waals surface area contributed by atoms with Gasteiger partial charge in [-0.25, -0.2) is 0 Å². The van der Waals surface area contributed by atoms with Crippen LogP contribution in [0.5, 0.6) is 11.5 Å². The van der Waals surface area contributed by atoms with Gasteiger partial charge >= 0.3 is 0 Å². The number of hydrogen-bond acceptors (Lipinski definition) is 4. The summed E-state index contributed by atoms with van der Waals surface area (Å²) < 4.78 is 11.2. The lowest BCUT2D eigenvalue weighted by Crippen LogP contribution is -2.12. The number of nitrogen functional groups attached to an aromatic ring is 1. The van der Waals surface area contributed by atoms with Crippen LogP contribution in [-0.2, 0) is 11.2 Å². The summed E-state index contributed by atoms with van der Waals surface area (Å²) in [5.41, 5.74) is 9.19. The van der Waals surface area contributed by atoms with Crippen LogP contribution in [0.4, 0.5) is 11.4 Å². The first-order valence-electron chi connectivity index (χ1n) is 10.5. The lowest BCUT2D eigenvalue weighted by atomic mass is 10.1. The van der Waals surface area contributed by atoms with E-state index in [9.17, 15) is 4.79 Å². The molecule has 0 heterocycles. The standard InChI is InChI=1S/C27H26N2O3/c1-18(31-2)17-19-9-13-21(14-10-19)32-22-15-11-20(12-16-22)27(30)29-26-8-4-5-23-24(26)6-3-7-25(23)28/h3-16,18H,17,28H2,1-2H3,(H,29,30). The van der Waals surface area contributed by atoms with E-state index < -0.39 is 0 Å². The van der Waals surface area contributed by atoms with Crippen molar-refractivity contribution in [3.05, 3.63) is 96.1 Å². The summed E-state index contributed by atoms with van der Waals surface area (Å²) in [6, 6.07) is 26.4. The third-order valence-corrected chi connectivity index (χ3v) is 5.41. The van der Waals surface area contributed by atoms with Gasteiger partial charge in [0.2, 0.25) is 0 Å². The van der Waals surface area contributed by atoms with Gasteiger partial charge in [0.1, 0.15) is 11.5 Å². The topological polar surface area (TPSA) is 73.6 Å². The Morgan fingerprint density at radius 2 is 1.50 bits per heavy atom. The second-order valence-electron chi connectivity index (χ2n) is 7.72. The molecule has 1 unspecified atom stereocenters. The summed E-state index contributed by atoms with van der Waals surface area (Å²) in [5.74, 6) is 1.21. The molecule has 162 valence electrons. The Morgan fingerprint density at radius 3 is 2.19 bits per heavy atom. The van der Waals surface area contributed by atoms with Crippen molar-refractivity contribution in [2.45, 2.75) is 19.4 Å². The Bertz CT molecular complexity index is 1220. The van der Waals surface area contributed by atoms with Gasteiger partial charge in [-0.05, 0) is 67.4 Å². The van der Waals surface area contributed by atoms with E-state index in [4.69, 9.17) is 15.2 Å². The zero-order chi connectivity index (χ0) is 22.5. The van der Waals surface area contributed by atoms with Crippen LogP contribution < -0.4 is 15.8 Å². The zero-order valence-electron chi connectivity index (χ0n) is 18.2. The number of benzene rings is 4. The molecule has 0 aromatic heterocycles. The van der Waals surface area contributed by atoms with Crippen LogP contribution in [0.25, 0.3) is 10.8 Å². The molecular weight excluding hydrogens is 400 g/mol. The fourth-order valence-corrected chi connectivity index (χ4v) is 3.56. The molecule has 0 aliphatic heterocycles. The average molecular weight is 427 g/mol. The molecule has 5 nitrogen and oxygen atoms in total. The number of amides is 1. The minimum absolute atomic E-state index is 0.173. The van der Waals surface area contributed by atoms with Crippen molar-refractivity contribution >= 4 is 28.1 Å². The van der Waals surface area contributed by atoms with Gasteiger partial charge in [0.15, 0.2) is 0 Å². The highest BCUT2D eigenvalue weighted by Crippen LogP contribution is 2.28. The van der Waals surface area contributed by atoms with Crippen LogP contribution in [0.1, 0.15) is 22.8 Å². The molecule has 3 N–H and O–H groups in total. The molecule has 5 heteroatoms. The van der Waals surface area contributed by atoms with E-state index in [1.807, 2.05) is 67.6 Å². The van der Waals surface area contributed by atoms with Crippen molar-refractivity contribution in [3.8, 4) is 11.5 Å². The van der Waals surface area contributed by atoms with Gasteiger partial charge in [0.25, 0.3) is 5.91 Å². The first kappa shape index (κ1) is 21.4. The predicted octanol–water partition coefficient (Wildman–Crippen LogP) is 6.04. The molecule has 0 aliphatic carbocycles. The highest BCUT2D eigenvalue weighted by molar-refractivity contribution is 6.10. The first-order valence-corrected chi connectivity index (χ1v) is 10.5. The van der Waals surface area contributed by atoms with Crippen LogP contribution in [0.15, 0.2) is 84.9 Å². The monoisotopic (exact) mass is 426 g/mol. The number of anilines is 2. The molecule has 0 saturated heterocycles. The molecular formula is C27H26N2O3. The number of nitrogens with two attached hydrogens (primary N) is 1. The molecule has 0 radical (unpaired) electrons. The minimum Gasteiger partial charge on any atom is -0.457 e. The minimum atomic E-state index is -0.192. The lowest BCUT2D eigenvalue weighted by molar-refractivity contribution is 0.102. The fourth-order valence-electron chi connectivity index (χ4n) is 3.56. The molecule has 1 atom stereocenters. The van der Waals surface area contributed by atoms with Crippen molar-refractivity contribution in [1.29, 1.82) is 0 Å². The largest absolute Gasteiger partial charge is 0.457 e. The van der Waals surface area contributed by atoms with E-state index in [0.29, 0.717) is 17.0 Å². The van der Waals surface area contributed by atoms with Crippen molar-refractivity contribution in [2.24, 2.45) is 0 Å². The molecule has 4 rings (SSSR count). The van der Waals surface area contributed by atoms with E-state index in [0.717, 1.165) is 28.6 Å². The molecule has 0 fully saturated rings. The molecule has 4 aromatic rings. The maximum absolute atomic E-state index is 12.8. The lowest BCUT2D eigenvalue weighted by Gasteiger charge is -2.11. The van der Waals surface area contributed by atoms with Gasteiger partial charge in [0, 0.05) is 34.8 Å². The van der Waals surface area contributed by atoms with Crippen molar-refractivity contribution < 1.29 is 14.3 Å². The summed E-state index contributed by atoms with van der Waals surface area (Å²) in [6.07, 6.45) is 1.02. The predicted molar refractivity (Wildman–Crippen MR) is 129 cm³/mol. The van der Waals surface area contributed by atoms with Gasteiger partial charge < -0.3 is 20.5 Å². The Hall–Kier alpha value is -3.83. The van der Waals surface area contributed by atoms with Crippen molar-refractivity contribution in [1.82, 2.24) is 0 Å². The van der Waals surface area contributed by atoms with Crippen molar-refractivity contribution in [3.63, 3.8) is 0 Å².